The van der Waals surface area contributed by atoms with Gasteiger partial charge in [0, 0.05) is 39.3 Å². The number of ether oxygens (including phenoxy) is 1. The number of carbonyl (C=O) groups is 1. The third kappa shape index (κ3) is 5.41. The Morgan fingerprint density at radius 2 is 1.88 bits per heavy atom. The maximum Gasteiger partial charge on any atom is 0.361 e. The Balaban J connectivity index is 1.27. The number of carbonyl (C=O) groups excluding carboxylic acids is 1. The third-order valence-corrected chi connectivity index (χ3v) is 5.57. The standard InChI is InChI=1S/C23H30N6O3/c1-3-31-23(30)20-19-21(25-17(2)26-22(19)32-27-20)24-10-7-11-28-12-14-29(15-13-28)16-18-8-5-4-6-9-18/h4-6,8-9H,3,7,10-16H2,1-2H3,(H,24,25,26). The van der Waals surface area contributed by atoms with E-state index >= 15 is 0 Å². The SMILES string of the molecule is CCOC(=O)c1noc2nc(C)nc(NCCCN3CCN(Cc4ccccc4)CC3)c12. The van der Waals surface area contributed by atoms with Crippen molar-refractivity contribution in [2.45, 2.75) is 26.8 Å². The van der Waals surface area contributed by atoms with Crippen molar-refractivity contribution >= 4 is 22.9 Å². The number of esters is 1. The molecular weight excluding hydrogens is 408 g/mol. The van der Waals surface area contributed by atoms with Gasteiger partial charge in [-0.1, -0.05) is 35.5 Å². The lowest BCUT2D eigenvalue weighted by Gasteiger charge is -2.34. The lowest BCUT2D eigenvalue weighted by Crippen LogP contribution is -2.46. The molecule has 0 radical (unpaired) electrons. The maximum absolute atomic E-state index is 12.2. The smallest absolute Gasteiger partial charge is 0.361 e. The van der Waals surface area contributed by atoms with Gasteiger partial charge in [-0.2, -0.15) is 4.98 Å². The largest absolute Gasteiger partial charge is 0.461 e. The Morgan fingerprint density at radius 1 is 1.12 bits per heavy atom. The van der Waals surface area contributed by atoms with E-state index in [9.17, 15) is 4.79 Å². The van der Waals surface area contributed by atoms with Crippen LogP contribution in [0, 0.1) is 6.92 Å². The molecule has 1 aliphatic heterocycles. The number of nitrogens with zero attached hydrogens (tertiary/aromatic N) is 5. The molecule has 0 spiro atoms. The van der Waals surface area contributed by atoms with Crippen LogP contribution in [0.1, 0.15) is 35.2 Å². The van der Waals surface area contributed by atoms with Gasteiger partial charge in [-0.15, -0.1) is 0 Å². The number of aromatic nitrogens is 3. The highest BCUT2D eigenvalue weighted by Gasteiger charge is 2.23. The summed E-state index contributed by atoms with van der Waals surface area (Å²) in [7, 11) is 0. The normalized spacial score (nSPS) is 15.2. The highest BCUT2D eigenvalue weighted by Crippen LogP contribution is 2.25. The molecule has 0 amide bonds. The molecule has 1 aromatic carbocycles. The number of hydrogen-bond acceptors (Lipinski definition) is 9. The van der Waals surface area contributed by atoms with E-state index in [1.54, 1.807) is 13.8 Å². The van der Waals surface area contributed by atoms with Crippen molar-refractivity contribution < 1.29 is 14.1 Å². The first-order chi connectivity index (χ1) is 15.6. The molecule has 3 aromatic rings. The van der Waals surface area contributed by atoms with Crippen molar-refractivity contribution in [1.82, 2.24) is 24.9 Å². The summed E-state index contributed by atoms with van der Waals surface area (Å²) in [6, 6.07) is 10.6. The van der Waals surface area contributed by atoms with E-state index < -0.39 is 5.97 Å². The third-order valence-electron chi connectivity index (χ3n) is 5.57. The van der Waals surface area contributed by atoms with Gasteiger partial charge in [-0.05, 0) is 32.4 Å². The molecule has 1 N–H and O–H groups in total. The Hall–Kier alpha value is -3.04. The van der Waals surface area contributed by atoms with Crippen molar-refractivity contribution in [3.05, 3.63) is 47.4 Å². The molecule has 1 aliphatic rings. The van der Waals surface area contributed by atoms with Gasteiger partial charge in [0.15, 0.2) is 0 Å². The summed E-state index contributed by atoms with van der Waals surface area (Å²) >= 11 is 0. The van der Waals surface area contributed by atoms with Crippen LogP contribution in [0.3, 0.4) is 0 Å². The van der Waals surface area contributed by atoms with Crippen molar-refractivity contribution in [3.63, 3.8) is 0 Å². The quantitative estimate of drug-likeness (QED) is 0.399. The second kappa shape index (κ2) is 10.5. The van der Waals surface area contributed by atoms with E-state index in [2.05, 4.69) is 60.6 Å². The van der Waals surface area contributed by atoms with Crippen molar-refractivity contribution in [2.24, 2.45) is 0 Å². The molecule has 170 valence electrons. The van der Waals surface area contributed by atoms with E-state index in [1.807, 2.05) is 0 Å². The van der Waals surface area contributed by atoms with Crippen LogP contribution in [0.4, 0.5) is 5.82 Å². The van der Waals surface area contributed by atoms with Crippen LogP contribution in [0.2, 0.25) is 0 Å². The van der Waals surface area contributed by atoms with Crippen molar-refractivity contribution in [2.75, 3.05) is 51.2 Å². The average Bonchev–Trinajstić information content (AvgIpc) is 3.22. The van der Waals surface area contributed by atoms with Crippen LogP contribution in [0.25, 0.3) is 11.1 Å². The second-order valence-electron chi connectivity index (χ2n) is 7.93. The van der Waals surface area contributed by atoms with Gasteiger partial charge in [-0.3, -0.25) is 4.90 Å². The van der Waals surface area contributed by atoms with E-state index in [-0.39, 0.29) is 18.0 Å². The van der Waals surface area contributed by atoms with E-state index in [1.165, 1.54) is 5.56 Å². The minimum atomic E-state index is -0.532. The van der Waals surface area contributed by atoms with Crippen LogP contribution in [0.15, 0.2) is 34.9 Å². The monoisotopic (exact) mass is 438 g/mol. The van der Waals surface area contributed by atoms with Crippen LogP contribution in [-0.2, 0) is 11.3 Å². The Morgan fingerprint density at radius 3 is 2.62 bits per heavy atom. The van der Waals surface area contributed by atoms with Gasteiger partial charge in [0.1, 0.15) is 17.0 Å². The van der Waals surface area contributed by atoms with Gasteiger partial charge in [0.25, 0.3) is 5.71 Å². The number of aryl methyl sites for hydroxylation is 1. The minimum absolute atomic E-state index is 0.110. The van der Waals surface area contributed by atoms with Crippen molar-refractivity contribution in [1.29, 1.82) is 0 Å². The zero-order valence-electron chi connectivity index (χ0n) is 18.7. The van der Waals surface area contributed by atoms with Crippen LogP contribution >= 0.6 is 0 Å². The highest BCUT2D eigenvalue weighted by atomic mass is 16.5. The predicted molar refractivity (Wildman–Crippen MR) is 122 cm³/mol. The molecule has 9 nitrogen and oxygen atoms in total. The minimum Gasteiger partial charge on any atom is -0.461 e. The summed E-state index contributed by atoms with van der Waals surface area (Å²) in [5, 5.41) is 7.66. The summed E-state index contributed by atoms with van der Waals surface area (Å²) < 4.78 is 10.3. The average molecular weight is 439 g/mol. The van der Waals surface area contributed by atoms with Crippen LogP contribution < -0.4 is 5.32 Å². The molecule has 32 heavy (non-hydrogen) atoms. The maximum atomic E-state index is 12.2. The first-order valence-corrected chi connectivity index (χ1v) is 11.2. The summed E-state index contributed by atoms with van der Waals surface area (Å²) in [5.74, 6) is 0.584. The number of piperazine rings is 1. The van der Waals surface area contributed by atoms with Crippen LogP contribution in [-0.4, -0.2) is 76.8 Å². The van der Waals surface area contributed by atoms with Crippen LogP contribution in [0.5, 0.6) is 0 Å². The zero-order chi connectivity index (χ0) is 22.3. The van der Waals surface area contributed by atoms with Gasteiger partial charge >= 0.3 is 5.97 Å². The van der Waals surface area contributed by atoms with Crippen molar-refractivity contribution in [3.8, 4) is 0 Å². The lowest BCUT2D eigenvalue weighted by atomic mass is 10.2. The van der Waals surface area contributed by atoms with Gasteiger partial charge < -0.3 is 19.5 Å². The summed E-state index contributed by atoms with van der Waals surface area (Å²) in [6.07, 6.45) is 0.962. The number of fused-ring (bicyclic) bond motifs is 1. The zero-order valence-corrected chi connectivity index (χ0v) is 18.7. The second-order valence-corrected chi connectivity index (χ2v) is 7.93. The number of nitrogens with one attached hydrogen (secondary N) is 1. The first-order valence-electron chi connectivity index (χ1n) is 11.2. The molecular formula is C23H30N6O3. The fourth-order valence-corrected chi connectivity index (χ4v) is 3.95. The van der Waals surface area contributed by atoms with Gasteiger partial charge in [0.05, 0.1) is 6.61 Å². The number of benzene rings is 1. The summed E-state index contributed by atoms with van der Waals surface area (Å²) in [6.45, 7) is 10.9. The fourth-order valence-electron chi connectivity index (χ4n) is 3.95. The number of anilines is 1. The Labute approximate surface area is 187 Å². The molecule has 0 aliphatic carbocycles. The predicted octanol–water partition coefficient (Wildman–Crippen LogP) is 2.72. The van der Waals surface area contributed by atoms with Gasteiger partial charge in [0.2, 0.25) is 5.69 Å². The first kappa shape index (κ1) is 22.2. The molecule has 2 aromatic heterocycles. The molecule has 3 heterocycles. The van der Waals surface area contributed by atoms with E-state index in [4.69, 9.17) is 9.26 Å². The Bertz CT molecular complexity index is 1030. The molecule has 0 atom stereocenters. The van der Waals surface area contributed by atoms with Gasteiger partial charge in [-0.25, -0.2) is 9.78 Å². The molecule has 1 fully saturated rings. The molecule has 0 saturated carbocycles. The summed E-state index contributed by atoms with van der Waals surface area (Å²) in [5.41, 5.74) is 1.77. The number of hydrogen-bond donors (Lipinski definition) is 1. The lowest BCUT2D eigenvalue weighted by molar-refractivity contribution is 0.0517. The Kier molecular flexibility index (Phi) is 7.28. The topological polar surface area (TPSA) is 96.6 Å². The molecule has 0 unspecified atom stereocenters. The molecule has 4 rings (SSSR count). The molecule has 0 bridgehead atoms. The molecule has 1 saturated heterocycles. The summed E-state index contributed by atoms with van der Waals surface area (Å²) in [4.78, 5) is 25.9. The number of rotatable bonds is 9. The fraction of sp³-hybridized carbons (Fsp3) is 0.478. The van der Waals surface area contributed by atoms with E-state index in [0.717, 1.165) is 52.2 Å². The highest BCUT2D eigenvalue weighted by molar-refractivity contribution is 6.04. The van der Waals surface area contributed by atoms with E-state index in [0.29, 0.717) is 17.0 Å². The molecule has 9 heteroatoms.